The number of anilines is 1. The predicted molar refractivity (Wildman–Crippen MR) is 104 cm³/mol. The molecule has 0 unspecified atom stereocenters. The standard InChI is InChI=1S/C21H18N4O2/c1-23-12-7-10-18(20(23)26)21(27)25(16-8-3-2-4-9-16)15-17-14-22-19-11-5-6-13-24(17)19/h2-14H,15H2,1H3. The van der Waals surface area contributed by atoms with Crippen LogP contribution >= 0.6 is 0 Å². The van der Waals surface area contributed by atoms with Crippen molar-refractivity contribution in [2.24, 2.45) is 7.05 Å². The highest BCUT2D eigenvalue weighted by Gasteiger charge is 2.22. The summed E-state index contributed by atoms with van der Waals surface area (Å²) >= 11 is 0. The summed E-state index contributed by atoms with van der Waals surface area (Å²) in [7, 11) is 1.64. The highest BCUT2D eigenvalue weighted by molar-refractivity contribution is 6.05. The Kier molecular flexibility index (Phi) is 4.30. The lowest BCUT2D eigenvalue weighted by atomic mass is 10.2. The number of hydrogen-bond donors (Lipinski definition) is 0. The molecule has 1 aromatic carbocycles. The van der Waals surface area contributed by atoms with Crippen molar-refractivity contribution in [3.05, 3.63) is 101 Å². The predicted octanol–water partition coefficient (Wildman–Crippen LogP) is 2.88. The van der Waals surface area contributed by atoms with Crippen LogP contribution in [0.2, 0.25) is 0 Å². The van der Waals surface area contributed by atoms with Crippen LogP contribution in [0.1, 0.15) is 16.1 Å². The minimum atomic E-state index is -0.340. The number of carbonyl (C=O) groups excluding carboxylic acids is 1. The molecule has 1 amide bonds. The van der Waals surface area contributed by atoms with E-state index >= 15 is 0 Å². The molecule has 0 aliphatic heterocycles. The number of aryl methyl sites for hydroxylation is 1. The monoisotopic (exact) mass is 358 g/mol. The zero-order valence-corrected chi connectivity index (χ0v) is 14.8. The fourth-order valence-electron chi connectivity index (χ4n) is 3.06. The van der Waals surface area contributed by atoms with E-state index in [0.717, 1.165) is 17.0 Å². The fourth-order valence-corrected chi connectivity index (χ4v) is 3.06. The van der Waals surface area contributed by atoms with Crippen molar-refractivity contribution < 1.29 is 4.79 Å². The maximum Gasteiger partial charge on any atom is 0.264 e. The van der Waals surface area contributed by atoms with Crippen LogP contribution < -0.4 is 10.5 Å². The molecule has 6 nitrogen and oxygen atoms in total. The first-order valence-electron chi connectivity index (χ1n) is 8.58. The van der Waals surface area contributed by atoms with Gasteiger partial charge in [0.05, 0.1) is 18.4 Å². The Labute approximate surface area is 155 Å². The molecule has 0 bridgehead atoms. The van der Waals surface area contributed by atoms with E-state index in [1.165, 1.54) is 4.57 Å². The Morgan fingerprint density at radius 2 is 1.78 bits per heavy atom. The summed E-state index contributed by atoms with van der Waals surface area (Å²) in [5, 5.41) is 0. The first-order chi connectivity index (χ1) is 13.1. The topological polar surface area (TPSA) is 59.6 Å². The highest BCUT2D eigenvalue weighted by atomic mass is 16.2. The Morgan fingerprint density at radius 1 is 1.00 bits per heavy atom. The summed E-state index contributed by atoms with van der Waals surface area (Å²) in [6.07, 6.45) is 5.30. The molecule has 0 aliphatic carbocycles. The normalized spacial score (nSPS) is 10.9. The summed E-state index contributed by atoms with van der Waals surface area (Å²) in [5.74, 6) is -0.340. The molecule has 6 heteroatoms. The molecule has 0 spiro atoms. The zero-order valence-electron chi connectivity index (χ0n) is 14.8. The van der Waals surface area contributed by atoms with E-state index in [0.29, 0.717) is 6.54 Å². The Hall–Kier alpha value is -3.67. The fraction of sp³-hybridized carbons (Fsp3) is 0.0952. The van der Waals surface area contributed by atoms with Gasteiger partial charge in [0.15, 0.2) is 0 Å². The smallest absolute Gasteiger partial charge is 0.264 e. The number of aromatic nitrogens is 3. The second kappa shape index (κ2) is 6.92. The van der Waals surface area contributed by atoms with Crippen LogP contribution in [0.5, 0.6) is 0 Å². The summed E-state index contributed by atoms with van der Waals surface area (Å²) in [6, 6.07) is 18.3. The Morgan fingerprint density at radius 3 is 2.59 bits per heavy atom. The summed E-state index contributed by atoms with van der Waals surface area (Å²) < 4.78 is 3.34. The van der Waals surface area contributed by atoms with Crippen LogP contribution in [0.4, 0.5) is 5.69 Å². The average molecular weight is 358 g/mol. The number of amides is 1. The van der Waals surface area contributed by atoms with E-state index in [2.05, 4.69) is 4.98 Å². The third-order valence-corrected chi connectivity index (χ3v) is 4.48. The molecule has 4 aromatic rings. The molecule has 0 aliphatic rings. The van der Waals surface area contributed by atoms with Crippen molar-refractivity contribution in [2.45, 2.75) is 6.54 Å². The first-order valence-corrected chi connectivity index (χ1v) is 8.58. The van der Waals surface area contributed by atoms with Crippen LogP contribution in [0, 0.1) is 0 Å². The summed E-state index contributed by atoms with van der Waals surface area (Å²) in [5.41, 5.74) is 2.21. The van der Waals surface area contributed by atoms with Crippen molar-refractivity contribution >= 4 is 17.2 Å². The van der Waals surface area contributed by atoms with Gasteiger partial charge in [0.2, 0.25) is 0 Å². The summed E-state index contributed by atoms with van der Waals surface area (Å²) in [6.45, 7) is 0.298. The van der Waals surface area contributed by atoms with Crippen LogP contribution in [0.15, 0.2) is 84.0 Å². The minimum absolute atomic E-state index is 0.137. The maximum atomic E-state index is 13.3. The van der Waals surface area contributed by atoms with Gasteiger partial charge in [0.25, 0.3) is 11.5 Å². The van der Waals surface area contributed by atoms with E-state index in [1.54, 1.807) is 36.5 Å². The molecular formula is C21H18N4O2. The lowest BCUT2D eigenvalue weighted by Crippen LogP contribution is -2.36. The Balaban J connectivity index is 1.79. The quantitative estimate of drug-likeness (QED) is 0.564. The molecular weight excluding hydrogens is 340 g/mol. The molecule has 0 atom stereocenters. The number of nitrogens with zero attached hydrogens (tertiary/aromatic N) is 4. The molecule has 27 heavy (non-hydrogen) atoms. The number of hydrogen-bond acceptors (Lipinski definition) is 3. The highest BCUT2D eigenvalue weighted by Crippen LogP contribution is 2.20. The zero-order chi connectivity index (χ0) is 18.8. The van der Waals surface area contributed by atoms with Gasteiger partial charge in [-0.2, -0.15) is 0 Å². The van der Waals surface area contributed by atoms with Gasteiger partial charge in [-0.15, -0.1) is 0 Å². The number of fused-ring (bicyclic) bond motifs is 1. The van der Waals surface area contributed by atoms with E-state index in [4.69, 9.17) is 0 Å². The molecule has 0 fully saturated rings. The van der Waals surface area contributed by atoms with Crippen molar-refractivity contribution in [3.63, 3.8) is 0 Å². The second-order valence-corrected chi connectivity index (χ2v) is 6.24. The van der Waals surface area contributed by atoms with Gasteiger partial charge in [-0.05, 0) is 36.4 Å². The van der Waals surface area contributed by atoms with Crippen LogP contribution in [0.25, 0.3) is 5.65 Å². The van der Waals surface area contributed by atoms with Gasteiger partial charge in [-0.3, -0.25) is 9.59 Å². The SMILES string of the molecule is Cn1cccc(C(=O)N(Cc2cnc3ccccn23)c2ccccc2)c1=O. The number of rotatable bonds is 4. The lowest BCUT2D eigenvalue weighted by Gasteiger charge is -2.22. The van der Waals surface area contributed by atoms with Gasteiger partial charge in [-0.25, -0.2) is 4.98 Å². The largest absolute Gasteiger partial charge is 0.318 e. The minimum Gasteiger partial charge on any atom is -0.318 e. The van der Waals surface area contributed by atoms with Crippen LogP contribution in [-0.2, 0) is 13.6 Å². The van der Waals surface area contributed by atoms with E-state index in [9.17, 15) is 9.59 Å². The van der Waals surface area contributed by atoms with E-state index in [-0.39, 0.29) is 17.0 Å². The van der Waals surface area contributed by atoms with Gasteiger partial charge < -0.3 is 13.9 Å². The van der Waals surface area contributed by atoms with Crippen LogP contribution in [-0.4, -0.2) is 19.9 Å². The molecule has 0 saturated heterocycles. The van der Waals surface area contributed by atoms with Crippen molar-refractivity contribution in [2.75, 3.05) is 4.90 Å². The third-order valence-electron chi connectivity index (χ3n) is 4.48. The molecule has 0 saturated carbocycles. The molecule has 3 aromatic heterocycles. The second-order valence-electron chi connectivity index (χ2n) is 6.24. The van der Waals surface area contributed by atoms with Gasteiger partial charge >= 0.3 is 0 Å². The number of pyridine rings is 2. The van der Waals surface area contributed by atoms with Gasteiger partial charge in [0, 0.05) is 25.1 Å². The maximum absolute atomic E-state index is 13.3. The van der Waals surface area contributed by atoms with Gasteiger partial charge in [-0.1, -0.05) is 24.3 Å². The average Bonchev–Trinajstić information content (AvgIpc) is 3.11. The van der Waals surface area contributed by atoms with Crippen molar-refractivity contribution in [1.82, 2.24) is 14.0 Å². The summed E-state index contributed by atoms with van der Waals surface area (Å²) in [4.78, 5) is 31.7. The molecule has 0 N–H and O–H groups in total. The van der Waals surface area contributed by atoms with E-state index in [1.807, 2.05) is 59.1 Å². The number of imidazole rings is 1. The lowest BCUT2D eigenvalue weighted by molar-refractivity contribution is 0.0983. The molecule has 4 rings (SSSR count). The number of para-hydroxylation sites is 1. The van der Waals surface area contributed by atoms with Crippen molar-refractivity contribution in [3.8, 4) is 0 Å². The number of benzene rings is 1. The van der Waals surface area contributed by atoms with E-state index < -0.39 is 0 Å². The third kappa shape index (κ3) is 3.13. The number of carbonyl (C=O) groups is 1. The molecule has 0 radical (unpaired) electrons. The Bertz CT molecular complexity index is 1160. The van der Waals surface area contributed by atoms with Crippen LogP contribution in [0.3, 0.4) is 0 Å². The first kappa shape index (κ1) is 16.8. The molecule has 134 valence electrons. The van der Waals surface area contributed by atoms with Crippen molar-refractivity contribution in [1.29, 1.82) is 0 Å². The molecule has 3 heterocycles. The van der Waals surface area contributed by atoms with Gasteiger partial charge in [0.1, 0.15) is 11.2 Å².